The highest BCUT2D eigenvalue weighted by Crippen LogP contribution is 2.43. The van der Waals surface area contributed by atoms with E-state index in [1.807, 2.05) is 59.5 Å². The van der Waals surface area contributed by atoms with Crippen LogP contribution in [0.1, 0.15) is 51.5 Å². The smallest absolute Gasteiger partial charge is 0.255 e. The van der Waals surface area contributed by atoms with E-state index in [1.54, 1.807) is 13.2 Å². The topological polar surface area (TPSA) is 116 Å². The summed E-state index contributed by atoms with van der Waals surface area (Å²) in [6.45, 7) is 1.45. The minimum atomic E-state index is -0.408. The van der Waals surface area contributed by atoms with Crippen LogP contribution < -0.4 is 29.0 Å². The van der Waals surface area contributed by atoms with Crippen LogP contribution >= 0.6 is 0 Å². The molecule has 236 valence electrons. The normalized spacial score (nSPS) is 16.8. The second-order valence-electron chi connectivity index (χ2n) is 11.4. The molecule has 4 aromatic rings. The Morgan fingerprint density at radius 3 is 2.76 bits per heavy atom. The van der Waals surface area contributed by atoms with Crippen LogP contribution in [0.25, 0.3) is 0 Å². The minimum absolute atomic E-state index is 0.0356. The number of nitrogens with zero attached hydrogens (tertiary/aromatic N) is 1. The second kappa shape index (κ2) is 12.5. The van der Waals surface area contributed by atoms with Gasteiger partial charge in [-0.3, -0.25) is 9.59 Å². The van der Waals surface area contributed by atoms with Gasteiger partial charge >= 0.3 is 0 Å². The summed E-state index contributed by atoms with van der Waals surface area (Å²) in [6, 6.07) is 21.6. The van der Waals surface area contributed by atoms with Crippen LogP contribution in [-0.2, 0) is 17.6 Å². The van der Waals surface area contributed by atoms with Gasteiger partial charge in [0.2, 0.25) is 12.7 Å². The quantitative estimate of drug-likeness (QED) is 0.305. The summed E-state index contributed by atoms with van der Waals surface area (Å²) >= 11 is 0. The fourth-order valence-electron chi connectivity index (χ4n) is 6.21. The Balaban J connectivity index is 1.25. The molecule has 0 aliphatic carbocycles. The number of carbonyl (C=O) groups is 2. The first kappa shape index (κ1) is 29.3. The number of phenols is 1. The molecule has 10 heteroatoms. The molecule has 0 aromatic heterocycles. The number of aryl methyl sites for hydroxylation is 1. The van der Waals surface area contributed by atoms with E-state index in [9.17, 15) is 14.7 Å². The van der Waals surface area contributed by atoms with Crippen LogP contribution in [-0.4, -0.2) is 55.4 Å². The average Bonchev–Trinajstić information content (AvgIpc) is 3.55. The van der Waals surface area contributed by atoms with Gasteiger partial charge in [0.05, 0.1) is 25.3 Å². The molecule has 0 saturated heterocycles. The molecule has 46 heavy (non-hydrogen) atoms. The van der Waals surface area contributed by atoms with Crippen molar-refractivity contribution in [2.45, 2.75) is 31.7 Å². The van der Waals surface area contributed by atoms with Crippen LogP contribution in [0.2, 0.25) is 0 Å². The Morgan fingerprint density at radius 1 is 0.978 bits per heavy atom. The van der Waals surface area contributed by atoms with Gasteiger partial charge < -0.3 is 39.0 Å². The van der Waals surface area contributed by atoms with Crippen molar-refractivity contribution in [2.75, 3.05) is 33.6 Å². The fraction of sp³-hybridized carbons (Fsp3) is 0.278. The van der Waals surface area contributed by atoms with Gasteiger partial charge in [0.25, 0.3) is 5.91 Å². The van der Waals surface area contributed by atoms with Crippen LogP contribution in [0.15, 0.2) is 72.8 Å². The summed E-state index contributed by atoms with van der Waals surface area (Å²) < 4.78 is 29.1. The number of carbonyl (C=O) groups excluding carboxylic acids is 2. The van der Waals surface area contributed by atoms with Crippen LogP contribution in [0.3, 0.4) is 0 Å². The lowest BCUT2D eigenvalue weighted by molar-refractivity contribution is -0.133. The van der Waals surface area contributed by atoms with Gasteiger partial charge in [0.1, 0.15) is 17.2 Å². The van der Waals surface area contributed by atoms with E-state index < -0.39 is 5.91 Å². The lowest BCUT2D eigenvalue weighted by Crippen LogP contribution is -2.40. The van der Waals surface area contributed by atoms with Crippen LogP contribution in [0, 0.1) is 0 Å². The Morgan fingerprint density at radius 2 is 1.87 bits per heavy atom. The molecule has 0 saturated carbocycles. The molecule has 4 heterocycles. The van der Waals surface area contributed by atoms with E-state index in [-0.39, 0.29) is 30.1 Å². The van der Waals surface area contributed by atoms with Crippen molar-refractivity contribution < 1.29 is 38.4 Å². The molecule has 2 amide bonds. The van der Waals surface area contributed by atoms with E-state index >= 15 is 0 Å². The highest BCUT2D eigenvalue weighted by molar-refractivity contribution is 5.97. The number of aromatic hydroxyl groups is 1. The molecule has 8 bridgehead atoms. The predicted octanol–water partition coefficient (Wildman–Crippen LogP) is 5.54. The zero-order valence-corrected chi connectivity index (χ0v) is 25.4. The third-order valence-corrected chi connectivity index (χ3v) is 8.53. The molecule has 0 spiro atoms. The molecule has 1 atom stereocenters. The summed E-state index contributed by atoms with van der Waals surface area (Å²) in [6.07, 6.45) is 2.06. The summed E-state index contributed by atoms with van der Waals surface area (Å²) in [4.78, 5) is 28.8. The summed E-state index contributed by atoms with van der Waals surface area (Å²) in [7, 11) is 1.57. The van der Waals surface area contributed by atoms with E-state index in [0.29, 0.717) is 74.1 Å². The van der Waals surface area contributed by atoms with Gasteiger partial charge in [0.15, 0.2) is 23.0 Å². The highest BCUT2D eigenvalue weighted by atomic mass is 16.7. The van der Waals surface area contributed by atoms with Crippen molar-refractivity contribution in [1.29, 1.82) is 0 Å². The largest absolute Gasteiger partial charge is 0.507 e. The van der Waals surface area contributed by atoms with Crippen molar-refractivity contribution in [3.05, 3.63) is 101 Å². The molecule has 10 nitrogen and oxygen atoms in total. The highest BCUT2D eigenvalue weighted by Gasteiger charge is 2.34. The predicted molar refractivity (Wildman–Crippen MR) is 168 cm³/mol. The van der Waals surface area contributed by atoms with E-state index in [1.165, 1.54) is 12.1 Å². The number of phenolic OH excluding ortho intramolecular Hbond substituents is 1. The van der Waals surface area contributed by atoms with Crippen molar-refractivity contribution in [1.82, 2.24) is 10.2 Å². The van der Waals surface area contributed by atoms with E-state index in [0.717, 1.165) is 28.0 Å². The minimum Gasteiger partial charge on any atom is -0.507 e. The number of methoxy groups -OCH3 is 1. The number of hydrogen-bond acceptors (Lipinski definition) is 8. The maximum absolute atomic E-state index is 14.0. The lowest BCUT2D eigenvalue weighted by atomic mass is 9.87. The summed E-state index contributed by atoms with van der Waals surface area (Å²) in [5.74, 6) is 2.90. The average molecular weight is 623 g/mol. The molecule has 2 N–H and O–H groups in total. The third kappa shape index (κ3) is 5.85. The Bertz CT molecular complexity index is 1810. The first-order valence-electron chi connectivity index (χ1n) is 15.4. The molecule has 4 aliphatic rings. The number of ether oxygens (including phenoxy) is 5. The Hall–Kier alpha value is -5.38. The molecular weight excluding hydrogens is 588 g/mol. The molecular formula is C36H34N2O8. The first-order valence-corrected chi connectivity index (χ1v) is 15.4. The first-order chi connectivity index (χ1) is 22.5. The monoisotopic (exact) mass is 622 g/mol. The van der Waals surface area contributed by atoms with Crippen molar-refractivity contribution in [2.24, 2.45) is 0 Å². The Kier molecular flexibility index (Phi) is 8.00. The molecule has 4 aliphatic heterocycles. The van der Waals surface area contributed by atoms with E-state index in [2.05, 4.69) is 5.32 Å². The SMILES string of the molecule is COc1cc2c3cc1Oc1ccc(O)c(c1)C(=O)NCCCOc1cccc(c1)C2N(C(=O)CCc1ccc2c(c1)OCO2)CC3. The molecule has 0 fully saturated rings. The summed E-state index contributed by atoms with van der Waals surface area (Å²) in [5, 5.41) is 13.2. The van der Waals surface area contributed by atoms with Crippen molar-refractivity contribution >= 4 is 11.8 Å². The Labute approximate surface area is 266 Å². The standard InChI is InChI=1S/C36H34N2O8/c1-42-31-20-27-23-12-14-38(34(40)11-7-22-6-10-30-32(16-22)45-21-44-30)35(27)24-4-2-5-25(17-24)43-15-3-13-37-36(41)28-19-26(8-9-29(28)39)46-33(31)18-23/h2,4-6,8-10,16-20,35,39H,3,7,11-15,21H2,1H3,(H,37,41). The van der Waals surface area contributed by atoms with Gasteiger partial charge in [-0.1, -0.05) is 18.2 Å². The molecule has 8 rings (SSSR count). The van der Waals surface area contributed by atoms with Crippen LogP contribution in [0.4, 0.5) is 0 Å². The van der Waals surface area contributed by atoms with E-state index in [4.69, 9.17) is 23.7 Å². The number of nitrogens with one attached hydrogen (secondary N) is 1. The van der Waals surface area contributed by atoms with Gasteiger partial charge in [-0.25, -0.2) is 0 Å². The maximum Gasteiger partial charge on any atom is 0.255 e. The molecule has 1 unspecified atom stereocenters. The summed E-state index contributed by atoms with van der Waals surface area (Å²) in [5.41, 5.74) is 4.00. The number of rotatable bonds is 4. The van der Waals surface area contributed by atoms with Gasteiger partial charge in [0, 0.05) is 19.5 Å². The zero-order valence-electron chi connectivity index (χ0n) is 25.4. The number of fused-ring (bicyclic) bond motifs is 7. The zero-order chi connectivity index (χ0) is 31.6. The molecule has 4 aromatic carbocycles. The molecule has 0 radical (unpaired) electrons. The van der Waals surface area contributed by atoms with Gasteiger partial charge in [-0.05, 0) is 96.1 Å². The van der Waals surface area contributed by atoms with Crippen molar-refractivity contribution in [3.8, 4) is 40.2 Å². The maximum atomic E-state index is 14.0. The van der Waals surface area contributed by atoms with Crippen LogP contribution in [0.5, 0.6) is 40.2 Å². The second-order valence-corrected chi connectivity index (χ2v) is 11.4. The van der Waals surface area contributed by atoms with Gasteiger partial charge in [-0.15, -0.1) is 0 Å². The van der Waals surface area contributed by atoms with Crippen molar-refractivity contribution in [3.63, 3.8) is 0 Å². The lowest BCUT2D eigenvalue weighted by Gasteiger charge is -2.38. The third-order valence-electron chi connectivity index (χ3n) is 8.53. The number of benzene rings is 4. The number of hydrogen-bond donors (Lipinski definition) is 2. The van der Waals surface area contributed by atoms with Gasteiger partial charge in [-0.2, -0.15) is 0 Å². The fourth-order valence-corrected chi connectivity index (χ4v) is 6.21. The number of amides is 2.